The Morgan fingerprint density at radius 2 is 2.11 bits per heavy atom. The Balaban J connectivity index is 2.29. The SMILES string of the molecule is CC(=O)N=c1sc2c(n1C)-c1ccccc1CC2. The van der Waals surface area contributed by atoms with Crippen LogP contribution < -0.4 is 4.80 Å². The number of hydrogen-bond acceptors (Lipinski definition) is 2. The van der Waals surface area contributed by atoms with Crippen LogP contribution in [0, 0.1) is 0 Å². The van der Waals surface area contributed by atoms with Gasteiger partial charge in [-0.15, -0.1) is 11.3 Å². The predicted octanol–water partition coefficient (Wildman–Crippen LogP) is 2.30. The van der Waals surface area contributed by atoms with Crippen LogP contribution in [0.5, 0.6) is 0 Å². The van der Waals surface area contributed by atoms with Crippen molar-refractivity contribution in [2.45, 2.75) is 19.8 Å². The van der Waals surface area contributed by atoms with Gasteiger partial charge in [0.1, 0.15) is 0 Å². The summed E-state index contributed by atoms with van der Waals surface area (Å²) in [4.78, 5) is 17.4. The first-order valence-electron chi connectivity index (χ1n) is 5.99. The normalized spacial score (nSPS) is 14.2. The van der Waals surface area contributed by atoms with Crippen LogP contribution in [0.3, 0.4) is 0 Å². The number of hydrogen-bond donors (Lipinski definition) is 0. The molecule has 1 aliphatic rings. The van der Waals surface area contributed by atoms with Crippen LogP contribution >= 0.6 is 11.3 Å². The number of aryl methyl sites for hydroxylation is 2. The second kappa shape index (κ2) is 4.21. The van der Waals surface area contributed by atoms with Gasteiger partial charge in [0, 0.05) is 24.4 Å². The number of carbonyl (C=O) groups is 1. The molecule has 0 spiro atoms. The zero-order valence-corrected chi connectivity index (χ0v) is 11.3. The highest BCUT2D eigenvalue weighted by Crippen LogP contribution is 2.34. The molecule has 0 atom stereocenters. The minimum Gasteiger partial charge on any atom is -0.319 e. The zero-order valence-electron chi connectivity index (χ0n) is 10.4. The topological polar surface area (TPSA) is 34.4 Å². The van der Waals surface area contributed by atoms with E-state index in [4.69, 9.17) is 0 Å². The van der Waals surface area contributed by atoms with Gasteiger partial charge >= 0.3 is 0 Å². The maximum Gasteiger partial charge on any atom is 0.245 e. The van der Waals surface area contributed by atoms with Gasteiger partial charge in [-0.05, 0) is 18.4 Å². The number of amides is 1. The van der Waals surface area contributed by atoms with Gasteiger partial charge in [0.15, 0.2) is 4.80 Å². The monoisotopic (exact) mass is 258 g/mol. The highest BCUT2D eigenvalue weighted by Gasteiger charge is 2.20. The molecule has 2 aromatic rings. The number of nitrogens with zero attached hydrogens (tertiary/aromatic N) is 2. The van der Waals surface area contributed by atoms with Crippen LogP contribution in [0.15, 0.2) is 29.3 Å². The molecule has 0 fully saturated rings. The number of carbonyl (C=O) groups excluding carboxylic acids is 1. The molecule has 1 amide bonds. The van der Waals surface area contributed by atoms with E-state index in [9.17, 15) is 4.79 Å². The van der Waals surface area contributed by atoms with Crippen LogP contribution in [0.25, 0.3) is 11.3 Å². The molecule has 3 nitrogen and oxygen atoms in total. The van der Waals surface area contributed by atoms with Gasteiger partial charge in [-0.2, -0.15) is 4.99 Å². The summed E-state index contributed by atoms with van der Waals surface area (Å²) in [5.41, 5.74) is 3.89. The van der Waals surface area contributed by atoms with Crippen LogP contribution in [0.4, 0.5) is 0 Å². The van der Waals surface area contributed by atoms with E-state index in [-0.39, 0.29) is 5.91 Å². The third-order valence-corrected chi connectivity index (χ3v) is 4.44. The number of thiazole rings is 1. The molecule has 1 heterocycles. The fraction of sp³-hybridized carbons (Fsp3) is 0.286. The molecule has 4 heteroatoms. The van der Waals surface area contributed by atoms with Crippen molar-refractivity contribution in [3.63, 3.8) is 0 Å². The molecule has 1 aromatic heterocycles. The Morgan fingerprint density at radius 3 is 2.89 bits per heavy atom. The molecule has 1 aliphatic carbocycles. The molecular weight excluding hydrogens is 244 g/mol. The van der Waals surface area contributed by atoms with Crippen molar-refractivity contribution < 1.29 is 4.79 Å². The van der Waals surface area contributed by atoms with E-state index < -0.39 is 0 Å². The van der Waals surface area contributed by atoms with Crippen LogP contribution in [0.2, 0.25) is 0 Å². The Kier molecular flexibility index (Phi) is 2.67. The zero-order chi connectivity index (χ0) is 12.7. The molecule has 0 N–H and O–H groups in total. The lowest BCUT2D eigenvalue weighted by Gasteiger charge is -2.16. The van der Waals surface area contributed by atoms with Gasteiger partial charge in [0.25, 0.3) is 0 Å². The summed E-state index contributed by atoms with van der Waals surface area (Å²) >= 11 is 1.63. The first kappa shape index (κ1) is 11.4. The van der Waals surface area contributed by atoms with Crippen molar-refractivity contribution >= 4 is 17.2 Å². The van der Waals surface area contributed by atoms with Crippen molar-refractivity contribution in [3.05, 3.63) is 39.5 Å². The molecule has 0 radical (unpaired) electrons. The molecule has 0 saturated heterocycles. The summed E-state index contributed by atoms with van der Waals surface area (Å²) in [6.45, 7) is 1.49. The summed E-state index contributed by atoms with van der Waals surface area (Å²) in [6.07, 6.45) is 2.11. The predicted molar refractivity (Wildman–Crippen MR) is 72.4 cm³/mol. The number of aromatic nitrogens is 1. The maximum absolute atomic E-state index is 11.2. The lowest BCUT2D eigenvalue weighted by molar-refractivity contribution is -0.116. The Hall–Kier alpha value is -1.68. The van der Waals surface area contributed by atoms with Crippen LogP contribution in [0.1, 0.15) is 17.4 Å². The molecule has 0 bridgehead atoms. The smallest absolute Gasteiger partial charge is 0.245 e. The molecule has 1 aromatic carbocycles. The van der Waals surface area contributed by atoms with Gasteiger partial charge in [-0.3, -0.25) is 4.79 Å². The largest absolute Gasteiger partial charge is 0.319 e. The standard InChI is InChI=1S/C14H14N2OS/c1-9(17)15-14-16(2)13-11-6-4-3-5-10(11)7-8-12(13)18-14/h3-6H,7-8H2,1-2H3. The van der Waals surface area contributed by atoms with Crippen molar-refractivity contribution in [2.75, 3.05) is 0 Å². The van der Waals surface area contributed by atoms with E-state index >= 15 is 0 Å². The third kappa shape index (κ3) is 1.73. The number of rotatable bonds is 0. The molecule has 0 unspecified atom stereocenters. The Bertz CT molecular complexity index is 694. The number of fused-ring (bicyclic) bond motifs is 3. The molecule has 3 rings (SSSR count). The first-order chi connectivity index (χ1) is 8.66. The highest BCUT2D eigenvalue weighted by molar-refractivity contribution is 7.09. The minimum absolute atomic E-state index is 0.141. The lowest BCUT2D eigenvalue weighted by atomic mass is 9.93. The third-order valence-electron chi connectivity index (χ3n) is 3.25. The van der Waals surface area contributed by atoms with Gasteiger partial charge < -0.3 is 4.57 Å². The van der Waals surface area contributed by atoms with E-state index in [0.29, 0.717) is 0 Å². The molecular formula is C14H14N2OS. The quantitative estimate of drug-likeness (QED) is 0.714. The summed E-state index contributed by atoms with van der Waals surface area (Å²) in [5.74, 6) is -0.141. The second-order valence-electron chi connectivity index (χ2n) is 4.50. The highest BCUT2D eigenvalue weighted by atomic mass is 32.1. The van der Waals surface area contributed by atoms with E-state index in [0.717, 1.165) is 17.6 Å². The fourth-order valence-electron chi connectivity index (χ4n) is 2.46. The summed E-state index contributed by atoms with van der Waals surface area (Å²) in [6, 6.07) is 8.47. The second-order valence-corrected chi connectivity index (χ2v) is 5.57. The fourth-order valence-corrected chi connectivity index (χ4v) is 3.63. The van der Waals surface area contributed by atoms with Crippen molar-refractivity contribution in [1.82, 2.24) is 4.57 Å². The average molecular weight is 258 g/mol. The molecule has 0 aliphatic heterocycles. The van der Waals surface area contributed by atoms with E-state index in [1.165, 1.54) is 28.6 Å². The minimum atomic E-state index is -0.141. The first-order valence-corrected chi connectivity index (χ1v) is 6.80. The molecule has 92 valence electrons. The Morgan fingerprint density at radius 1 is 1.33 bits per heavy atom. The average Bonchev–Trinajstić information content (AvgIpc) is 2.66. The van der Waals surface area contributed by atoms with Crippen molar-refractivity contribution in [1.29, 1.82) is 0 Å². The molecule has 0 saturated carbocycles. The van der Waals surface area contributed by atoms with E-state index in [2.05, 4.69) is 29.3 Å². The summed E-state index contributed by atoms with van der Waals surface area (Å²) in [7, 11) is 1.99. The van der Waals surface area contributed by atoms with Crippen molar-refractivity contribution in [3.8, 4) is 11.3 Å². The summed E-state index contributed by atoms with van der Waals surface area (Å²) in [5, 5.41) is 0. The van der Waals surface area contributed by atoms with Crippen molar-refractivity contribution in [2.24, 2.45) is 12.0 Å². The van der Waals surface area contributed by atoms with E-state index in [1.807, 2.05) is 11.6 Å². The molecule has 18 heavy (non-hydrogen) atoms. The van der Waals surface area contributed by atoms with Gasteiger partial charge in [-0.1, -0.05) is 24.3 Å². The Labute approximate surface area is 109 Å². The van der Waals surface area contributed by atoms with Crippen LogP contribution in [-0.2, 0) is 24.7 Å². The summed E-state index contributed by atoms with van der Waals surface area (Å²) < 4.78 is 2.04. The maximum atomic E-state index is 11.2. The van der Waals surface area contributed by atoms with Gasteiger partial charge in [0.2, 0.25) is 5.91 Å². The van der Waals surface area contributed by atoms with Crippen LogP contribution in [-0.4, -0.2) is 10.5 Å². The van der Waals surface area contributed by atoms with Gasteiger partial charge in [-0.25, -0.2) is 0 Å². The van der Waals surface area contributed by atoms with E-state index in [1.54, 1.807) is 11.3 Å². The van der Waals surface area contributed by atoms with Gasteiger partial charge in [0.05, 0.1) is 5.69 Å². The lowest BCUT2D eigenvalue weighted by Crippen LogP contribution is -2.14. The number of benzene rings is 1.